The van der Waals surface area contributed by atoms with E-state index in [2.05, 4.69) is 252 Å². The van der Waals surface area contributed by atoms with Gasteiger partial charge in [0, 0.05) is 22.7 Å². The van der Waals surface area contributed by atoms with Gasteiger partial charge in [-0.15, -0.1) is 0 Å². The number of fused-ring (bicyclic) bond motifs is 10. The van der Waals surface area contributed by atoms with Crippen LogP contribution in [0.2, 0.25) is 0 Å². The third-order valence-corrected chi connectivity index (χ3v) is 12.8. The Morgan fingerprint density at radius 2 is 0.754 bits per heavy atom. The van der Waals surface area contributed by atoms with Gasteiger partial charge in [-0.2, -0.15) is 0 Å². The van der Waals surface area contributed by atoms with E-state index in [1.54, 1.807) is 0 Å². The Balaban J connectivity index is 1.12. The highest BCUT2D eigenvalue weighted by molar-refractivity contribution is 5.99. The second-order valence-electron chi connectivity index (χ2n) is 16.1. The summed E-state index contributed by atoms with van der Waals surface area (Å²) in [4.78, 5) is 4.91. The van der Waals surface area contributed by atoms with Gasteiger partial charge in [-0.05, 0) is 121 Å². The van der Waals surface area contributed by atoms with Crippen molar-refractivity contribution in [1.29, 1.82) is 0 Å². The van der Waals surface area contributed by atoms with Crippen molar-refractivity contribution in [2.75, 3.05) is 9.80 Å². The molecule has 1 heterocycles. The molecule has 1 aliphatic carbocycles. The highest BCUT2D eigenvalue weighted by Gasteiger charge is 2.51. The fraction of sp³-hybridized carbons (Fsp3) is 0.0169. The van der Waals surface area contributed by atoms with Crippen LogP contribution in [0.3, 0.4) is 0 Å². The van der Waals surface area contributed by atoms with Crippen LogP contribution in [0.5, 0.6) is 0 Å². The highest BCUT2D eigenvalue weighted by atomic mass is 15.2. The number of benzene rings is 10. The molecule has 0 radical (unpaired) electrons. The van der Waals surface area contributed by atoms with E-state index in [-0.39, 0.29) is 0 Å². The van der Waals surface area contributed by atoms with Gasteiger partial charge in [-0.1, -0.05) is 188 Å². The second kappa shape index (κ2) is 14.1. The number of nitrogens with zero attached hydrogens (tertiary/aromatic N) is 2. The van der Waals surface area contributed by atoms with E-state index in [4.69, 9.17) is 0 Å². The summed E-state index contributed by atoms with van der Waals surface area (Å²) in [5.74, 6) is 0. The third kappa shape index (κ3) is 5.50. The van der Waals surface area contributed by atoms with Gasteiger partial charge in [0.15, 0.2) is 0 Å². The molecule has 61 heavy (non-hydrogen) atoms. The number of hydrogen-bond donors (Lipinski definition) is 0. The first-order valence-electron chi connectivity index (χ1n) is 21.1. The fourth-order valence-corrected chi connectivity index (χ4v) is 10.1. The molecule has 1 spiro atoms. The maximum absolute atomic E-state index is 2.50. The molecule has 0 unspecified atom stereocenters. The molecule has 0 N–H and O–H groups in total. The fourth-order valence-electron chi connectivity index (χ4n) is 10.1. The van der Waals surface area contributed by atoms with E-state index in [1.165, 1.54) is 72.1 Å². The number of rotatable bonds is 6. The molecule has 1 aliphatic heterocycles. The van der Waals surface area contributed by atoms with Crippen molar-refractivity contribution in [2.45, 2.75) is 5.41 Å². The molecule has 0 atom stereocenters. The molecular formula is C59H40N2. The summed E-state index contributed by atoms with van der Waals surface area (Å²) in [6.07, 6.45) is 0. The zero-order valence-corrected chi connectivity index (χ0v) is 33.5. The van der Waals surface area contributed by atoms with Gasteiger partial charge in [-0.3, -0.25) is 0 Å². The summed E-state index contributed by atoms with van der Waals surface area (Å²) in [6, 6.07) is 89.1. The molecule has 2 nitrogen and oxygen atoms in total. The summed E-state index contributed by atoms with van der Waals surface area (Å²) in [6.45, 7) is 0. The summed E-state index contributed by atoms with van der Waals surface area (Å²) in [7, 11) is 0. The SMILES string of the molecule is c1ccc(-c2ccc(N(c3ccc(-c4ccccc4)cc3)c3ccc4c(c3)N(c3ccc5ccccc5c3)c3ccccc3C43c4ccccc4-c4ccccc43)cc2)cc1. The van der Waals surface area contributed by atoms with Crippen LogP contribution in [-0.2, 0) is 5.41 Å². The molecule has 10 aromatic rings. The Morgan fingerprint density at radius 1 is 0.295 bits per heavy atom. The van der Waals surface area contributed by atoms with Crippen LogP contribution in [0, 0.1) is 0 Å². The van der Waals surface area contributed by atoms with E-state index < -0.39 is 5.41 Å². The van der Waals surface area contributed by atoms with E-state index >= 15 is 0 Å². The van der Waals surface area contributed by atoms with E-state index in [1.807, 2.05) is 0 Å². The molecule has 0 saturated heterocycles. The lowest BCUT2D eigenvalue weighted by molar-refractivity contribution is 0.752. The van der Waals surface area contributed by atoms with Crippen LogP contribution in [-0.4, -0.2) is 0 Å². The Bertz CT molecular complexity index is 3110. The highest BCUT2D eigenvalue weighted by Crippen LogP contribution is 2.64. The zero-order valence-electron chi connectivity index (χ0n) is 33.5. The lowest BCUT2D eigenvalue weighted by Gasteiger charge is -2.45. The van der Waals surface area contributed by atoms with Crippen molar-refractivity contribution < 1.29 is 0 Å². The van der Waals surface area contributed by atoms with Crippen LogP contribution in [0.25, 0.3) is 44.2 Å². The van der Waals surface area contributed by atoms with Gasteiger partial charge in [0.2, 0.25) is 0 Å². The zero-order chi connectivity index (χ0) is 40.3. The van der Waals surface area contributed by atoms with Crippen molar-refractivity contribution in [2.24, 2.45) is 0 Å². The summed E-state index contributed by atoms with van der Waals surface area (Å²) < 4.78 is 0. The Morgan fingerprint density at radius 3 is 1.36 bits per heavy atom. The third-order valence-electron chi connectivity index (χ3n) is 12.8. The van der Waals surface area contributed by atoms with Crippen molar-refractivity contribution in [3.05, 3.63) is 265 Å². The average molecular weight is 777 g/mol. The summed E-state index contributed by atoms with van der Waals surface area (Å²) >= 11 is 0. The second-order valence-corrected chi connectivity index (χ2v) is 16.1. The van der Waals surface area contributed by atoms with Gasteiger partial charge >= 0.3 is 0 Å². The molecule has 286 valence electrons. The number of anilines is 6. The normalized spacial score (nSPS) is 13.0. The molecular weight excluding hydrogens is 737 g/mol. The van der Waals surface area contributed by atoms with Gasteiger partial charge in [0.25, 0.3) is 0 Å². The first kappa shape index (κ1) is 35.0. The first-order chi connectivity index (χ1) is 30.3. The largest absolute Gasteiger partial charge is 0.310 e. The smallest absolute Gasteiger partial charge is 0.0754 e. The standard InChI is InChI=1S/C59H40N2/c1-3-15-41(16-4-1)44-27-32-47(33-28-44)60(48-34-29-45(30-35-48)42-17-5-2-6-18-42)50-37-38-56-58(40-50)61(49-36-31-43-19-7-8-20-46(43)39-49)57-26-14-13-25-55(57)59(56)53-23-11-9-21-51(53)52-22-10-12-24-54(52)59/h1-40H. The Labute approximate surface area is 356 Å². The maximum atomic E-state index is 2.50. The number of para-hydroxylation sites is 1. The average Bonchev–Trinajstić information content (AvgIpc) is 3.63. The van der Waals surface area contributed by atoms with Gasteiger partial charge < -0.3 is 9.80 Å². The summed E-state index contributed by atoms with van der Waals surface area (Å²) in [5.41, 5.74) is 18.8. The van der Waals surface area contributed by atoms with Crippen LogP contribution >= 0.6 is 0 Å². The number of hydrogen-bond acceptors (Lipinski definition) is 2. The predicted octanol–water partition coefficient (Wildman–Crippen LogP) is 15.8. The molecule has 2 aliphatic rings. The van der Waals surface area contributed by atoms with E-state index in [0.29, 0.717) is 0 Å². The minimum atomic E-state index is -0.523. The lowest BCUT2D eigenvalue weighted by Crippen LogP contribution is -2.36. The van der Waals surface area contributed by atoms with Crippen molar-refractivity contribution in [3.8, 4) is 33.4 Å². The van der Waals surface area contributed by atoms with Crippen molar-refractivity contribution in [3.63, 3.8) is 0 Å². The van der Waals surface area contributed by atoms with Gasteiger partial charge in [0.1, 0.15) is 0 Å². The van der Waals surface area contributed by atoms with Gasteiger partial charge in [0.05, 0.1) is 16.8 Å². The first-order valence-corrected chi connectivity index (χ1v) is 21.1. The topological polar surface area (TPSA) is 6.48 Å². The van der Waals surface area contributed by atoms with Gasteiger partial charge in [-0.25, -0.2) is 0 Å². The molecule has 12 rings (SSSR count). The van der Waals surface area contributed by atoms with E-state index in [9.17, 15) is 0 Å². The molecule has 0 aromatic heterocycles. The Kier molecular flexibility index (Phi) is 8.11. The molecule has 0 saturated carbocycles. The Hall–Kier alpha value is -7.94. The molecule has 10 aromatic carbocycles. The molecule has 0 fully saturated rings. The minimum Gasteiger partial charge on any atom is -0.310 e. The summed E-state index contributed by atoms with van der Waals surface area (Å²) in [5, 5.41) is 2.44. The van der Waals surface area contributed by atoms with Crippen molar-refractivity contribution >= 4 is 44.9 Å². The minimum absolute atomic E-state index is 0.523. The predicted molar refractivity (Wildman–Crippen MR) is 255 cm³/mol. The van der Waals surface area contributed by atoms with Crippen LogP contribution in [0.1, 0.15) is 22.3 Å². The molecule has 0 amide bonds. The molecule has 2 heteroatoms. The quantitative estimate of drug-likeness (QED) is 0.166. The van der Waals surface area contributed by atoms with Crippen LogP contribution in [0.4, 0.5) is 34.1 Å². The maximum Gasteiger partial charge on any atom is 0.0754 e. The lowest BCUT2D eigenvalue weighted by atomic mass is 9.64. The van der Waals surface area contributed by atoms with E-state index in [0.717, 1.165) is 28.4 Å². The monoisotopic (exact) mass is 776 g/mol. The van der Waals surface area contributed by atoms with Crippen molar-refractivity contribution in [1.82, 2.24) is 0 Å². The molecule has 0 bridgehead atoms. The van der Waals surface area contributed by atoms with Crippen LogP contribution < -0.4 is 9.80 Å². The van der Waals surface area contributed by atoms with Crippen LogP contribution in [0.15, 0.2) is 243 Å².